The first-order valence-corrected chi connectivity index (χ1v) is 9.81. The monoisotopic (exact) mass is 400 g/mol. The second-order valence-corrected chi connectivity index (χ2v) is 7.75. The van der Waals surface area contributed by atoms with Gasteiger partial charge in [-0.15, -0.1) is 0 Å². The number of fused-ring (bicyclic) bond motifs is 2. The molecule has 30 heavy (non-hydrogen) atoms. The van der Waals surface area contributed by atoms with Gasteiger partial charge in [-0.25, -0.2) is 0 Å². The van der Waals surface area contributed by atoms with Gasteiger partial charge in [0.05, 0.1) is 28.1 Å². The largest absolute Gasteiger partial charge is 0.490 e. The number of aromatic nitrogens is 4. The van der Waals surface area contributed by atoms with Crippen molar-refractivity contribution in [3.05, 3.63) is 42.1 Å². The van der Waals surface area contributed by atoms with Crippen molar-refractivity contribution in [3.63, 3.8) is 0 Å². The Morgan fingerprint density at radius 1 is 1.30 bits per heavy atom. The van der Waals surface area contributed by atoms with E-state index in [0.29, 0.717) is 24.3 Å². The van der Waals surface area contributed by atoms with Crippen molar-refractivity contribution < 1.29 is 9.53 Å². The highest BCUT2D eigenvalue weighted by Gasteiger charge is 2.28. The number of ether oxygens (including phenoxy) is 1. The van der Waals surface area contributed by atoms with Crippen molar-refractivity contribution in [3.8, 4) is 23.1 Å². The van der Waals surface area contributed by atoms with Crippen molar-refractivity contribution in [2.75, 3.05) is 6.54 Å². The summed E-state index contributed by atoms with van der Waals surface area (Å²) >= 11 is 0. The predicted octanol–water partition coefficient (Wildman–Crippen LogP) is 2.89. The second kappa shape index (κ2) is 6.88. The Bertz CT molecular complexity index is 1330. The number of aryl methyl sites for hydroxylation is 1. The highest BCUT2D eigenvalue weighted by molar-refractivity contribution is 5.97. The Balaban J connectivity index is 1.60. The van der Waals surface area contributed by atoms with E-state index in [0.717, 1.165) is 33.1 Å². The molecule has 0 bridgehead atoms. The fraction of sp³-hybridized carbons (Fsp3) is 0.273. The Morgan fingerprint density at radius 3 is 2.93 bits per heavy atom. The molecule has 1 amide bonds. The van der Waals surface area contributed by atoms with Crippen molar-refractivity contribution in [1.29, 1.82) is 5.26 Å². The molecule has 4 aromatic rings. The van der Waals surface area contributed by atoms with Crippen LogP contribution < -0.4 is 10.1 Å². The number of carbonyl (C=O) groups excluding carboxylic acids is 1. The fourth-order valence-electron chi connectivity index (χ4n) is 4.00. The van der Waals surface area contributed by atoms with Crippen molar-refractivity contribution in [2.45, 2.75) is 19.4 Å². The lowest BCUT2D eigenvalue weighted by Gasteiger charge is -2.20. The van der Waals surface area contributed by atoms with E-state index in [1.165, 1.54) is 0 Å². The molecule has 3 heterocycles. The van der Waals surface area contributed by atoms with Gasteiger partial charge >= 0.3 is 0 Å². The van der Waals surface area contributed by atoms with Gasteiger partial charge in [0.1, 0.15) is 17.5 Å². The first kappa shape index (κ1) is 18.2. The number of benzene rings is 2. The summed E-state index contributed by atoms with van der Waals surface area (Å²) in [6.07, 6.45) is 2.26. The molecule has 8 nitrogen and oxygen atoms in total. The number of nitrogens with zero attached hydrogens (tertiary/aromatic N) is 4. The third-order valence-electron chi connectivity index (χ3n) is 5.65. The van der Waals surface area contributed by atoms with E-state index in [1.54, 1.807) is 10.7 Å². The van der Waals surface area contributed by atoms with Crippen molar-refractivity contribution in [2.24, 2.45) is 13.0 Å². The summed E-state index contributed by atoms with van der Waals surface area (Å²) in [5.74, 6) is 0.888. The quantitative estimate of drug-likeness (QED) is 0.548. The number of rotatable bonds is 4. The molecular weight excluding hydrogens is 380 g/mol. The Hall–Kier alpha value is -3.86. The summed E-state index contributed by atoms with van der Waals surface area (Å²) in [5, 5.41) is 26.0. The molecule has 5 rings (SSSR count). The third kappa shape index (κ3) is 3.05. The molecule has 2 aromatic carbocycles. The van der Waals surface area contributed by atoms with Crippen molar-refractivity contribution in [1.82, 2.24) is 25.3 Å². The summed E-state index contributed by atoms with van der Waals surface area (Å²) in [4.78, 5) is 11.6. The fourth-order valence-corrected chi connectivity index (χ4v) is 4.00. The van der Waals surface area contributed by atoms with Gasteiger partial charge in [-0.2, -0.15) is 15.5 Å². The van der Waals surface area contributed by atoms with Gasteiger partial charge in [0.15, 0.2) is 0 Å². The minimum atomic E-state index is -0.135. The minimum Gasteiger partial charge on any atom is -0.490 e. The number of amides is 1. The molecule has 8 heteroatoms. The first-order chi connectivity index (χ1) is 14.5. The summed E-state index contributed by atoms with van der Waals surface area (Å²) in [6, 6.07) is 11.6. The number of nitrogens with one attached hydrogen (secondary N) is 2. The van der Waals surface area contributed by atoms with Gasteiger partial charge in [-0.1, -0.05) is 0 Å². The number of H-pyrrole nitrogens is 1. The zero-order chi connectivity index (χ0) is 20.8. The third-order valence-corrected chi connectivity index (χ3v) is 5.65. The van der Waals surface area contributed by atoms with Crippen molar-refractivity contribution >= 4 is 27.7 Å². The van der Waals surface area contributed by atoms with Crippen LogP contribution >= 0.6 is 0 Å². The van der Waals surface area contributed by atoms with E-state index < -0.39 is 0 Å². The van der Waals surface area contributed by atoms with Crippen LogP contribution in [0.2, 0.25) is 0 Å². The molecule has 1 unspecified atom stereocenters. The Labute approximate surface area is 172 Å². The smallest absolute Gasteiger partial charge is 0.220 e. The van der Waals surface area contributed by atoms with E-state index in [-0.39, 0.29) is 17.9 Å². The van der Waals surface area contributed by atoms with Gasteiger partial charge in [-0.05, 0) is 37.3 Å². The molecular formula is C22H20N6O2. The molecule has 1 fully saturated rings. The first-order valence-electron chi connectivity index (χ1n) is 9.81. The molecule has 0 radical (unpaired) electrons. The summed E-state index contributed by atoms with van der Waals surface area (Å²) in [6.45, 7) is 2.61. The highest BCUT2D eigenvalue weighted by atomic mass is 16.5. The van der Waals surface area contributed by atoms with Crippen LogP contribution in [0.25, 0.3) is 33.1 Å². The maximum Gasteiger partial charge on any atom is 0.220 e. The maximum absolute atomic E-state index is 11.6. The lowest BCUT2D eigenvalue weighted by molar-refractivity contribution is -0.119. The number of nitriles is 1. The van der Waals surface area contributed by atoms with Gasteiger partial charge in [0.25, 0.3) is 0 Å². The number of carbonyl (C=O) groups is 1. The van der Waals surface area contributed by atoms with E-state index in [9.17, 15) is 10.1 Å². The van der Waals surface area contributed by atoms with Gasteiger partial charge in [0, 0.05) is 43.1 Å². The van der Waals surface area contributed by atoms with Crippen LogP contribution in [0, 0.1) is 17.2 Å². The van der Waals surface area contributed by atoms with Gasteiger partial charge in [0.2, 0.25) is 5.91 Å². The van der Waals surface area contributed by atoms with Crippen LogP contribution in [0.1, 0.15) is 18.9 Å². The van der Waals surface area contributed by atoms with E-state index in [4.69, 9.17) is 4.74 Å². The molecule has 2 N–H and O–H groups in total. The zero-order valence-electron chi connectivity index (χ0n) is 16.6. The lowest BCUT2D eigenvalue weighted by Crippen LogP contribution is -2.25. The highest BCUT2D eigenvalue weighted by Crippen LogP contribution is 2.35. The molecule has 2 aromatic heterocycles. The topological polar surface area (TPSA) is 109 Å². The molecule has 0 saturated carbocycles. The minimum absolute atomic E-state index is 0.0621. The summed E-state index contributed by atoms with van der Waals surface area (Å²) in [7, 11) is 1.87. The predicted molar refractivity (Wildman–Crippen MR) is 112 cm³/mol. The lowest BCUT2D eigenvalue weighted by atomic mass is 10.0. The maximum atomic E-state index is 11.6. The average molecular weight is 400 g/mol. The summed E-state index contributed by atoms with van der Waals surface area (Å²) in [5.41, 5.74) is 3.82. The number of hydrogen-bond donors (Lipinski definition) is 2. The average Bonchev–Trinajstić information content (AvgIpc) is 3.44. The van der Waals surface area contributed by atoms with E-state index in [1.807, 2.05) is 44.4 Å². The van der Waals surface area contributed by atoms with Crippen LogP contribution in [0.5, 0.6) is 5.75 Å². The molecule has 0 spiro atoms. The Kier molecular flexibility index (Phi) is 4.17. The van der Waals surface area contributed by atoms with Crippen LogP contribution in [0.3, 0.4) is 0 Å². The Morgan fingerprint density at radius 2 is 2.17 bits per heavy atom. The second-order valence-electron chi connectivity index (χ2n) is 7.75. The van der Waals surface area contributed by atoms with E-state index in [2.05, 4.69) is 26.7 Å². The SMILES string of the molecule is CC(Oc1cc(-c2n[nH]c3ccc(C#N)cc23)cc2nn(C)cc12)[C@H]1CNC(=O)C1. The molecule has 1 saturated heterocycles. The number of aromatic amines is 1. The standard InChI is InChI=1S/C22H20N6O2/c1-12(15-8-21(29)24-10-15)30-20-7-14(6-19-17(20)11-28(2)27-19)22-16-5-13(9-23)3-4-18(16)25-26-22/h3-7,11-12,15H,8,10H2,1-2H3,(H,24,29)(H,25,26)/t12?,15-/m1/s1. The zero-order valence-corrected chi connectivity index (χ0v) is 16.6. The molecule has 0 aliphatic carbocycles. The van der Waals surface area contributed by atoms with Gasteiger partial charge in [-0.3, -0.25) is 14.6 Å². The van der Waals surface area contributed by atoms with Crippen LogP contribution in [-0.2, 0) is 11.8 Å². The van der Waals surface area contributed by atoms with Gasteiger partial charge < -0.3 is 10.1 Å². The summed E-state index contributed by atoms with van der Waals surface area (Å²) < 4.78 is 8.09. The molecule has 1 aliphatic rings. The molecule has 2 atom stereocenters. The normalized spacial score (nSPS) is 17.2. The van der Waals surface area contributed by atoms with Crippen LogP contribution in [0.15, 0.2) is 36.5 Å². The molecule has 150 valence electrons. The number of hydrogen-bond acceptors (Lipinski definition) is 5. The van der Waals surface area contributed by atoms with E-state index >= 15 is 0 Å². The molecule has 1 aliphatic heterocycles. The van der Waals surface area contributed by atoms with Crippen LogP contribution in [-0.4, -0.2) is 38.5 Å². The van der Waals surface area contributed by atoms with Crippen LogP contribution in [0.4, 0.5) is 0 Å².